The van der Waals surface area contributed by atoms with Crippen LogP contribution in [-0.2, 0) is 6.54 Å². The maximum absolute atomic E-state index is 14.9. The molecule has 28 heavy (non-hydrogen) atoms. The lowest BCUT2D eigenvalue weighted by atomic mass is 9.96. The van der Waals surface area contributed by atoms with Crippen molar-refractivity contribution >= 4 is 22.5 Å². The van der Waals surface area contributed by atoms with Crippen LogP contribution in [0.2, 0.25) is 5.02 Å². The molecule has 0 unspecified atom stereocenters. The van der Waals surface area contributed by atoms with E-state index in [0.717, 1.165) is 6.07 Å². The second kappa shape index (κ2) is 7.08. The summed E-state index contributed by atoms with van der Waals surface area (Å²) in [6, 6.07) is 7.24. The molecule has 0 aliphatic heterocycles. The Bertz CT molecular complexity index is 1020. The monoisotopic (exact) mass is 412 g/mol. The van der Waals surface area contributed by atoms with E-state index in [2.05, 4.69) is 0 Å². The number of alkyl halides is 3. The van der Waals surface area contributed by atoms with Gasteiger partial charge >= 0.3 is 6.18 Å². The molecular formula is C21H21ClF4N2. The van der Waals surface area contributed by atoms with Gasteiger partial charge in [-0.05, 0) is 23.6 Å². The molecule has 0 spiro atoms. The van der Waals surface area contributed by atoms with E-state index >= 15 is 0 Å². The molecule has 0 bridgehead atoms. The van der Waals surface area contributed by atoms with Crippen molar-refractivity contribution in [1.82, 2.24) is 4.57 Å². The number of aromatic nitrogens is 1. The number of hydrogen-bond acceptors (Lipinski definition) is 1. The van der Waals surface area contributed by atoms with Crippen molar-refractivity contribution in [2.45, 2.75) is 39.5 Å². The van der Waals surface area contributed by atoms with Gasteiger partial charge in [0.15, 0.2) is 0 Å². The maximum Gasteiger partial charge on any atom is 0.407 e. The molecule has 2 nitrogen and oxygen atoms in total. The number of rotatable bonds is 3. The fraction of sp³-hybridized carbons (Fsp3) is 0.333. The standard InChI is InChI=1S/C21H21ClF4N2/c1-20(2,3)11-28-10-15(19(27)21(24,25)26)14-8-17(23)13(9-18(14)28)12-6-4-5-7-16(12)22/h4-10,19H,11,27H2,1-3H3/t19-/m0/s1. The molecule has 7 heteroatoms. The summed E-state index contributed by atoms with van der Waals surface area (Å²) in [6.07, 6.45) is -3.25. The fourth-order valence-electron chi connectivity index (χ4n) is 3.29. The molecule has 3 rings (SSSR count). The first-order valence-electron chi connectivity index (χ1n) is 8.78. The summed E-state index contributed by atoms with van der Waals surface area (Å²) in [7, 11) is 0. The van der Waals surface area contributed by atoms with Crippen LogP contribution in [-0.4, -0.2) is 10.7 Å². The Labute approximate surface area is 165 Å². The molecule has 0 saturated carbocycles. The molecule has 0 fully saturated rings. The van der Waals surface area contributed by atoms with Crippen LogP contribution >= 0.6 is 11.6 Å². The van der Waals surface area contributed by atoms with Gasteiger partial charge in [-0.2, -0.15) is 13.2 Å². The number of fused-ring (bicyclic) bond motifs is 1. The predicted molar refractivity (Wildman–Crippen MR) is 105 cm³/mol. The first-order chi connectivity index (χ1) is 12.9. The van der Waals surface area contributed by atoms with Crippen LogP contribution in [0.4, 0.5) is 17.6 Å². The van der Waals surface area contributed by atoms with Crippen LogP contribution in [0.1, 0.15) is 32.4 Å². The average molecular weight is 413 g/mol. The van der Waals surface area contributed by atoms with Crippen molar-refractivity contribution in [3.05, 3.63) is 59.0 Å². The fourth-order valence-corrected chi connectivity index (χ4v) is 3.53. The van der Waals surface area contributed by atoms with Gasteiger partial charge in [-0.15, -0.1) is 0 Å². The Morgan fingerprint density at radius 1 is 1.07 bits per heavy atom. The van der Waals surface area contributed by atoms with Crippen molar-refractivity contribution in [2.24, 2.45) is 11.1 Å². The van der Waals surface area contributed by atoms with Crippen LogP contribution in [0.3, 0.4) is 0 Å². The predicted octanol–water partition coefficient (Wildman–Crippen LogP) is 6.71. The molecule has 150 valence electrons. The Hall–Kier alpha value is -2.05. The zero-order chi connectivity index (χ0) is 20.9. The van der Waals surface area contributed by atoms with Crippen LogP contribution in [0, 0.1) is 11.2 Å². The van der Waals surface area contributed by atoms with Gasteiger partial charge in [0.25, 0.3) is 0 Å². The van der Waals surface area contributed by atoms with E-state index in [1.54, 1.807) is 34.9 Å². The zero-order valence-electron chi connectivity index (χ0n) is 15.7. The van der Waals surface area contributed by atoms with Crippen molar-refractivity contribution in [3.8, 4) is 11.1 Å². The Morgan fingerprint density at radius 2 is 1.71 bits per heavy atom. The average Bonchev–Trinajstić information content (AvgIpc) is 2.88. The van der Waals surface area contributed by atoms with E-state index in [4.69, 9.17) is 17.3 Å². The van der Waals surface area contributed by atoms with E-state index in [9.17, 15) is 17.6 Å². The van der Waals surface area contributed by atoms with E-state index < -0.39 is 18.0 Å². The lowest BCUT2D eigenvalue weighted by molar-refractivity contribution is -0.148. The van der Waals surface area contributed by atoms with Gasteiger partial charge in [0.1, 0.15) is 11.9 Å². The van der Waals surface area contributed by atoms with Crippen molar-refractivity contribution in [2.75, 3.05) is 0 Å². The lowest BCUT2D eigenvalue weighted by Gasteiger charge is -2.20. The third kappa shape index (κ3) is 4.03. The molecule has 0 aliphatic carbocycles. The lowest BCUT2D eigenvalue weighted by Crippen LogP contribution is -2.28. The summed E-state index contributed by atoms with van der Waals surface area (Å²) in [5.41, 5.74) is 6.31. The number of benzene rings is 2. The third-order valence-electron chi connectivity index (χ3n) is 4.50. The van der Waals surface area contributed by atoms with Crippen LogP contribution < -0.4 is 5.73 Å². The largest absolute Gasteiger partial charge is 0.407 e. The number of nitrogens with zero attached hydrogens (tertiary/aromatic N) is 1. The van der Waals surface area contributed by atoms with Gasteiger partial charge in [0.2, 0.25) is 0 Å². The van der Waals surface area contributed by atoms with Crippen molar-refractivity contribution in [3.63, 3.8) is 0 Å². The molecular weight excluding hydrogens is 392 g/mol. The highest BCUT2D eigenvalue weighted by Crippen LogP contribution is 2.39. The van der Waals surface area contributed by atoms with Crippen LogP contribution in [0.15, 0.2) is 42.6 Å². The Morgan fingerprint density at radius 3 is 2.29 bits per heavy atom. The number of hydrogen-bond donors (Lipinski definition) is 1. The Kier molecular flexibility index (Phi) is 5.23. The molecule has 1 atom stereocenters. The topological polar surface area (TPSA) is 30.9 Å². The van der Waals surface area contributed by atoms with Gasteiger partial charge in [-0.3, -0.25) is 0 Å². The SMILES string of the molecule is CC(C)(C)Cn1cc([C@H](N)C(F)(F)F)c2cc(F)c(-c3ccccc3Cl)cc21. The highest BCUT2D eigenvalue weighted by atomic mass is 35.5. The van der Waals surface area contributed by atoms with Gasteiger partial charge in [0, 0.05) is 45.4 Å². The molecule has 0 radical (unpaired) electrons. The summed E-state index contributed by atoms with van der Waals surface area (Å²) >= 11 is 6.20. The van der Waals surface area contributed by atoms with Gasteiger partial charge in [0.05, 0.1) is 0 Å². The van der Waals surface area contributed by atoms with E-state index in [1.807, 2.05) is 20.8 Å². The summed E-state index contributed by atoms with van der Waals surface area (Å²) < 4.78 is 56.4. The molecule has 1 heterocycles. The normalized spacial score (nSPS) is 13.9. The highest BCUT2D eigenvalue weighted by Gasteiger charge is 2.39. The summed E-state index contributed by atoms with van der Waals surface area (Å²) in [5, 5.41) is 0.518. The first-order valence-corrected chi connectivity index (χ1v) is 9.16. The quantitative estimate of drug-likeness (QED) is 0.476. The molecule has 0 aliphatic rings. The third-order valence-corrected chi connectivity index (χ3v) is 4.83. The smallest absolute Gasteiger partial charge is 0.347 e. The number of nitrogens with two attached hydrogens (primary N) is 1. The van der Waals surface area contributed by atoms with E-state index in [1.165, 1.54) is 6.20 Å². The van der Waals surface area contributed by atoms with Crippen LogP contribution in [0.5, 0.6) is 0 Å². The first kappa shape index (κ1) is 20.7. The molecule has 2 N–H and O–H groups in total. The van der Waals surface area contributed by atoms with E-state index in [0.29, 0.717) is 22.6 Å². The summed E-state index contributed by atoms with van der Waals surface area (Å²) in [6.45, 7) is 6.36. The molecule has 0 amide bonds. The minimum absolute atomic E-state index is 0.142. The van der Waals surface area contributed by atoms with Gasteiger partial charge < -0.3 is 10.3 Å². The molecule has 0 saturated heterocycles. The van der Waals surface area contributed by atoms with Crippen molar-refractivity contribution in [1.29, 1.82) is 0 Å². The van der Waals surface area contributed by atoms with Crippen molar-refractivity contribution < 1.29 is 17.6 Å². The number of halogens is 5. The van der Waals surface area contributed by atoms with Crippen LogP contribution in [0.25, 0.3) is 22.0 Å². The maximum atomic E-state index is 14.9. The van der Waals surface area contributed by atoms with Gasteiger partial charge in [-0.25, -0.2) is 4.39 Å². The van der Waals surface area contributed by atoms with Gasteiger partial charge in [-0.1, -0.05) is 50.6 Å². The zero-order valence-corrected chi connectivity index (χ0v) is 16.5. The second-order valence-electron chi connectivity index (χ2n) is 8.12. The minimum atomic E-state index is -4.63. The second-order valence-corrected chi connectivity index (χ2v) is 8.53. The van der Waals surface area contributed by atoms with E-state index in [-0.39, 0.29) is 21.9 Å². The molecule has 1 aromatic heterocycles. The summed E-state index contributed by atoms with van der Waals surface area (Å²) in [4.78, 5) is 0. The molecule has 3 aromatic rings. The Balaban J connectivity index is 2.29. The minimum Gasteiger partial charge on any atom is -0.347 e. The summed E-state index contributed by atoms with van der Waals surface area (Å²) in [5.74, 6) is -0.648. The highest BCUT2D eigenvalue weighted by molar-refractivity contribution is 6.33. The molecule has 2 aromatic carbocycles.